The molecule has 0 amide bonds. The number of esters is 4. The van der Waals surface area contributed by atoms with Gasteiger partial charge >= 0.3 is 31.7 Å². The number of carbonyl (C=O) groups is 4. The molecule has 684 valence electrons. The van der Waals surface area contributed by atoms with Crippen molar-refractivity contribution in [2.45, 2.75) is 518 Å². The van der Waals surface area contributed by atoms with E-state index in [2.05, 4.69) is 34.6 Å². The number of phosphoric ester groups is 1. The van der Waals surface area contributed by atoms with E-state index in [0.29, 0.717) is 38.0 Å². The van der Waals surface area contributed by atoms with Gasteiger partial charge in [0.25, 0.3) is 0 Å². The highest BCUT2D eigenvalue weighted by Crippen LogP contribution is 2.49. The van der Waals surface area contributed by atoms with Gasteiger partial charge in [-0.05, 0) is 31.6 Å². The van der Waals surface area contributed by atoms with Crippen LogP contribution in [0.5, 0.6) is 0 Å². The normalized spacial score (nSPS) is 25.4. The Balaban J connectivity index is 1.93. The molecule has 19 atom stereocenters. The Bertz CT molecular complexity index is 2430. The Labute approximate surface area is 699 Å². The van der Waals surface area contributed by atoms with Crippen LogP contribution in [0.3, 0.4) is 0 Å². The van der Waals surface area contributed by atoms with Crippen LogP contribution < -0.4 is 0 Å². The summed E-state index contributed by atoms with van der Waals surface area (Å²) in [4.78, 5) is 66.5. The first-order valence-electron chi connectivity index (χ1n) is 47.2. The summed E-state index contributed by atoms with van der Waals surface area (Å²) in [6, 6.07) is 0. The van der Waals surface area contributed by atoms with Crippen LogP contribution in [0.2, 0.25) is 0 Å². The molecule has 0 spiro atoms. The molecule has 3 rings (SSSR count). The lowest BCUT2D eigenvalue weighted by Crippen LogP contribution is -2.70. The fourth-order valence-corrected chi connectivity index (χ4v) is 16.9. The molecular weight excluding hydrogens is 1510 g/mol. The van der Waals surface area contributed by atoms with Gasteiger partial charge in [0.2, 0.25) is 0 Å². The van der Waals surface area contributed by atoms with Crippen LogP contribution in [0.15, 0.2) is 0 Å². The van der Waals surface area contributed by atoms with Crippen molar-refractivity contribution in [2.75, 3.05) is 26.4 Å². The van der Waals surface area contributed by atoms with Gasteiger partial charge < -0.3 is 88.7 Å². The van der Waals surface area contributed by atoms with E-state index in [1.54, 1.807) is 0 Å². The maximum atomic E-state index is 14.9. The summed E-state index contributed by atoms with van der Waals surface area (Å²) in [6.07, 6.45) is 23.9. The Hall–Kier alpha value is -2.53. The average Bonchev–Trinajstić information content (AvgIpc) is 0.754. The van der Waals surface area contributed by atoms with Gasteiger partial charge in [0.05, 0.1) is 13.2 Å². The minimum atomic E-state index is -5.80. The Morgan fingerprint density at radius 1 is 0.336 bits per heavy atom. The number of phosphoric acid groups is 1. The van der Waals surface area contributed by atoms with E-state index in [1.165, 1.54) is 193 Å². The lowest BCUT2D eigenvalue weighted by molar-refractivity contribution is -0.360. The first-order valence-corrected chi connectivity index (χ1v) is 48.7. The van der Waals surface area contributed by atoms with Gasteiger partial charge in [-0.1, -0.05) is 362 Å². The third-order valence-corrected chi connectivity index (χ3v) is 24.5. The number of carbonyl (C=O) groups excluding carboxylic acids is 4. The zero-order chi connectivity index (χ0) is 84.8. The van der Waals surface area contributed by atoms with Crippen LogP contribution in [0, 0.1) is 5.92 Å². The lowest BCUT2D eigenvalue weighted by atomic mass is 9.84. The molecule has 19 unspecified atom stereocenters. The van der Waals surface area contributed by atoms with E-state index >= 15 is 0 Å². The third-order valence-electron chi connectivity index (χ3n) is 23.5. The Morgan fingerprint density at radius 3 is 1.03 bits per heavy atom. The number of unbranched alkanes of at least 4 members (excludes halogenated alkanes) is 48. The first-order chi connectivity index (χ1) is 56.1. The topological polar surface area (TPSA) is 380 Å². The molecule has 0 radical (unpaired) electrons. The van der Waals surface area contributed by atoms with Gasteiger partial charge in [-0.25, -0.2) is 4.57 Å². The Kier molecular flexibility index (Phi) is 63.9. The van der Waals surface area contributed by atoms with Crippen molar-refractivity contribution in [3.8, 4) is 0 Å². The molecule has 0 aromatic heterocycles. The maximum absolute atomic E-state index is 14.9. The van der Waals surface area contributed by atoms with Crippen molar-refractivity contribution in [3.05, 3.63) is 0 Å². The van der Waals surface area contributed by atoms with Crippen molar-refractivity contribution < 1.29 is 122 Å². The molecular formula is C90H169O25P. The zero-order valence-electron chi connectivity index (χ0n) is 73.0. The summed E-state index contributed by atoms with van der Waals surface area (Å²) in [5, 5.41) is 102. The number of ether oxygens (including phenoxy) is 8. The number of hydrogen-bond acceptors (Lipinski definition) is 24. The predicted octanol–water partition coefficient (Wildman–Crippen LogP) is 17.2. The van der Waals surface area contributed by atoms with E-state index in [4.69, 9.17) is 46.9 Å². The SMILES string of the molecule is CCCCCCCCCCCCCCCCCC(=O)OCC(COP(=O)(O)OC1C(OC2OC(CO)C(O)C(O)C2O)C(O)C(O)C(OC(=O)CCCCCCCCC(C)CCCCCCCC)C1OC1OC(COC(=O)CCCCCCCCCCCCCCC)C(O)C(O)C1O)OC(=O)CCCCCCCCCCCCCCC. The van der Waals surface area contributed by atoms with E-state index in [1.807, 2.05) is 0 Å². The minimum Gasteiger partial charge on any atom is -0.463 e. The van der Waals surface area contributed by atoms with Crippen molar-refractivity contribution in [3.63, 3.8) is 0 Å². The van der Waals surface area contributed by atoms with Crippen LogP contribution >= 0.6 is 7.82 Å². The van der Waals surface area contributed by atoms with E-state index in [-0.39, 0.29) is 25.7 Å². The number of hydrogen-bond donors (Lipinski definition) is 10. The molecule has 0 aromatic rings. The van der Waals surface area contributed by atoms with Gasteiger partial charge in [0.15, 0.2) is 24.8 Å². The largest absolute Gasteiger partial charge is 0.472 e. The molecule has 10 N–H and O–H groups in total. The molecule has 25 nitrogen and oxygen atoms in total. The van der Waals surface area contributed by atoms with Crippen molar-refractivity contribution in [1.82, 2.24) is 0 Å². The first kappa shape index (κ1) is 108. The summed E-state index contributed by atoms with van der Waals surface area (Å²) in [7, 11) is -5.80. The smallest absolute Gasteiger partial charge is 0.463 e. The second kappa shape index (κ2) is 68.9. The second-order valence-corrected chi connectivity index (χ2v) is 35.6. The molecule has 0 bridgehead atoms. The number of aliphatic hydroxyl groups is 9. The molecule has 2 heterocycles. The maximum Gasteiger partial charge on any atom is 0.472 e. The molecule has 3 fully saturated rings. The minimum absolute atomic E-state index is 0.0192. The van der Waals surface area contributed by atoms with Crippen molar-refractivity contribution >= 4 is 31.7 Å². The number of aliphatic hydroxyl groups excluding tert-OH is 9. The second-order valence-electron chi connectivity index (χ2n) is 34.2. The van der Waals surface area contributed by atoms with Gasteiger partial charge in [-0.15, -0.1) is 0 Å². The van der Waals surface area contributed by atoms with Crippen molar-refractivity contribution in [2.24, 2.45) is 5.92 Å². The molecule has 3 aliphatic rings. The number of rotatable bonds is 76. The predicted molar refractivity (Wildman–Crippen MR) is 449 cm³/mol. The van der Waals surface area contributed by atoms with Gasteiger partial charge in [0.1, 0.15) is 92.6 Å². The standard InChI is InChI=1S/C90H169O25P/c1-6-10-14-18-22-25-28-31-32-35-37-39-42-49-55-61-73(92)106-66-70(109-75(94)63-57-51-44-41-38-34-30-27-24-20-16-12-8-3)67-108-116(104,105)115-88-86(113-89-83(102)79(98)77(96)71(65-91)110-89)82(101)81(100)85(112-76(95)64-58-52-46-45-48-54-60-69(5)59-53-47-21-17-13-9-4)87(88)114-90-84(103)80(99)78(97)72(111-90)68-107-74(93)62-56-50-43-40-36-33-29-26-23-19-15-11-7-2/h69-72,77-91,96-103H,6-68H2,1-5H3,(H,104,105). The van der Waals surface area contributed by atoms with E-state index in [9.17, 15) is 74.6 Å². The molecule has 2 saturated heterocycles. The molecule has 26 heteroatoms. The van der Waals surface area contributed by atoms with Crippen LogP contribution in [-0.4, -0.2) is 205 Å². The van der Waals surface area contributed by atoms with Crippen LogP contribution in [0.1, 0.15) is 413 Å². The lowest BCUT2D eigenvalue weighted by Gasteiger charge is -2.50. The van der Waals surface area contributed by atoms with Crippen LogP contribution in [0.4, 0.5) is 0 Å². The van der Waals surface area contributed by atoms with Crippen molar-refractivity contribution in [1.29, 1.82) is 0 Å². The molecule has 1 aliphatic carbocycles. The monoisotopic (exact) mass is 1680 g/mol. The summed E-state index contributed by atoms with van der Waals surface area (Å²) in [6.45, 7) is 7.92. The highest BCUT2D eigenvalue weighted by Gasteiger charge is 2.60. The third kappa shape index (κ3) is 49.1. The summed E-state index contributed by atoms with van der Waals surface area (Å²) < 4.78 is 73.5. The highest BCUT2D eigenvalue weighted by molar-refractivity contribution is 7.47. The van der Waals surface area contributed by atoms with Gasteiger partial charge in [0, 0.05) is 25.7 Å². The van der Waals surface area contributed by atoms with E-state index < -0.39 is 162 Å². The van der Waals surface area contributed by atoms with Gasteiger partial charge in [-0.3, -0.25) is 28.2 Å². The van der Waals surface area contributed by atoms with Crippen LogP contribution in [-0.2, 0) is 70.7 Å². The molecule has 2 aliphatic heterocycles. The molecule has 1 saturated carbocycles. The quantitative estimate of drug-likeness (QED) is 0.0117. The summed E-state index contributed by atoms with van der Waals surface area (Å²) >= 11 is 0. The summed E-state index contributed by atoms with van der Waals surface area (Å²) in [5.41, 5.74) is 0. The summed E-state index contributed by atoms with van der Waals surface area (Å²) in [5.74, 6) is -2.32. The zero-order valence-corrected chi connectivity index (χ0v) is 73.9. The van der Waals surface area contributed by atoms with Crippen LogP contribution in [0.25, 0.3) is 0 Å². The fourth-order valence-electron chi connectivity index (χ4n) is 15.9. The fraction of sp³-hybridized carbons (Fsp3) is 0.956. The van der Waals surface area contributed by atoms with E-state index in [0.717, 1.165) is 128 Å². The molecule has 0 aromatic carbocycles. The Morgan fingerprint density at radius 2 is 0.647 bits per heavy atom. The average molecular weight is 1680 g/mol. The van der Waals surface area contributed by atoms with Gasteiger partial charge in [-0.2, -0.15) is 0 Å². The highest BCUT2D eigenvalue weighted by atomic mass is 31.2. The molecule has 116 heavy (non-hydrogen) atoms.